The Balaban J connectivity index is 1.84. The van der Waals surface area contributed by atoms with Crippen LogP contribution in [0, 0.1) is 27.7 Å². The summed E-state index contributed by atoms with van der Waals surface area (Å²) in [7, 11) is -4.16. The molecule has 0 saturated heterocycles. The van der Waals surface area contributed by atoms with E-state index in [4.69, 9.17) is 0 Å². The number of nitrogens with zero attached hydrogens (tertiary/aromatic N) is 2. The summed E-state index contributed by atoms with van der Waals surface area (Å²) < 4.78 is 29.8. The van der Waals surface area contributed by atoms with Gasteiger partial charge in [-0.1, -0.05) is 96.9 Å². The zero-order chi connectivity index (χ0) is 33.4. The maximum Gasteiger partial charge on any atom is 0.264 e. The molecule has 0 spiro atoms. The molecule has 2 amide bonds. The number of benzene rings is 4. The lowest BCUT2D eigenvalue weighted by atomic mass is 10.0. The molecule has 4 aromatic rings. The Kier molecular flexibility index (Phi) is 11.4. The first-order chi connectivity index (χ1) is 21.9. The third-order valence-electron chi connectivity index (χ3n) is 8.44. The van der Waals surface area contributed by atoms with E-state index in [9.17, 15) is 18.0 Å². The molecular weight excluding hydrogens is 595 g/mol. The number of hydrogen-bond donors (Lipinski definition) is 1. The van der Waals surface area contributed by atoms with Crippen molar-refractivity contribution in [1.82, 2.24) is 10.2 Å². The Morgan fingerprint density at radius 2 is 1.43 bits per heavy atom. The second-order valence-corrected chi connectivity index (χ2v) is 13.9. The van der Waals surface area contributed by atoms with Gasteiger partial charge in [0.2, 0.25) is 11.8 Å². The summed E-state index contributed by atoms with van der Waals surface area (Å²) in [5, 5.41) is 3.08. The van der Waals surface area contributed by atoms with Crippen molar-refractivity contribution in [1.29, 1.82) is 0 Å². The average molecular weight is 640 g/mol. The van der Waals surface area contributed by atoms with Crippen LogP contribution in [0.15, 0.2) is 102 Å². The van der Waals surface area contributed by atoms with Gasteiger partial charge in [0, 0.05) is 19.0 Å². The summed E-state index contributed by atoms with van der Waals surface area (Å²) in [5.74, 6) is -0.753. The van der Waals surface area contributed by atoms with Crippen LogP contribution in [-0.4, -0.2) is 43.8 Å². The van der Waals surface area contributed by atoms with E-state index in [2.05, 4.69) is 5.32 Å². The molecule has 0 heterocycles. The predicted molar refractivity (Wildman–Crippen MR) is 185 cm³/mol. The van der Waals surface area contributed by atoms with Gasteiger partial charge < -0.3 is 10.2 Å². The molecule has 0 saturated carbocycles. The highest BCUT2D eigenvalue weighted by atomic mass is 32.2. The van der Waals surface area contributed by atoms with E-state index in [0.29, 0.717) is 5.69 Å². The van der Waals surface area contributed by atoms with Gasteiger partial charge in [0.05, 0.1) is 10.6 Å². The van der Waals surface area contributed by atoms with Crippen LogP contribution in [0.3, 0.4) is 0 Å². The highest BCUT2D eigenvalue weighted by molar-refractivity contribution is 7.92. The number of anilines is 1. The zero-order valence-corrected chi connectivity index (χ0v) is 28.5. The van der Waals surface area contributed by atoms with Crippen LogP contribution in [0.25, 0.3) is 0 Å². The number of amides is 2. The second-order valence-electron chi connectivity index (χ2n) is 12.1. The van der Waals surface area contributed by atoms with Gasteiger partial charge in [0.1, 0.15) is 12.6 Å². The number of rotatable bonds is 13. The Labute approximate surface area is 274 Å². The molecule has 0 unspecified atom stereocenters. The van der Waals surface area contributed by atoms with Gasteiger partial charge >= 0.3 is 0 Å². The molecule has 0 aliphatic carbocycles. The summed E-state index contributed by atoms with van der Waals surface area (Å²) in [5.41, 5.74) is 5.77. The molecule has 46 heavy (non-hydrogen) atoms. The normalized spacial score (nSPS) is 12.7. The summed E-state index contributed by atoms with van der Waals surface area (Å²) in [6.45, 7) is 11.2. The maximum atomic E-state index is 14.7. The van der Waals surface area contributed by atoms with E-state index in [0.717, 1.165) is 39.8 Å². The van der Waals surface area contributed by atoms with E-state index in [1.165, 1.54) is 4.31 Å². The molecule has 1 N–H and O–H groups in total. The van der Waals surface area contributed by atoms with Gasteiger partial charge in [-0.2, -0.15) is 0 Å². The quantitative estimate of drug-likeness (QED) is 0.177. The molecule has 4 rings (SSSR count). The molecule has 0 aliphatic rings. The lowest BCUT2D eigenvalue weighted by Crippen LogP contribution is -2.54. The minimum atomic E-state index is -4.16. The van der Waals surface area contributed by atoms with Gasteiger partial charge in [-0.15, -0.1) is 0 Å². The van der Waals surface area contributed by atoms with Crippen molar-refractivity contribution in [3.63, 3.8) is 0 Å². The van der Waals surface area contributed by atoms with Gasteiger partial charge in [-0.3, -0.25) is 13.9 Å². The first kappa shape index (κ1) is 34.4. The van der Waals surface area contributed by atoms with E-state index in [1.54, 1.807) is 41.3 Å². The molecule has 0 bridgehead atoms. The Hall–Kier alpha value is -4.43. The SMILES string of the molecule is CC[C@@H](C)NC(=O)[C@H](Cc1ccccc1)N(Cc1cccc(C)c1)C(=O)CN(c1cccc(C)c1C)S(=O)(=O)c1ccc(C)cc1. The van der Waals surface area contributed by atoms with Crippen LogP contribution in [-0.2, 0) is 32.6 Å². The van der Waals surface area contributed by atoms with Crippen LogP contribution in [0.5, 0.6) is 0 Å². The monoisotopic (exact) mass is 639 g/mol. The third-order valence-corrected chi connectivity index (χ3v) is 10.2. The number of carbonyl (C=O) groups is 2. The van der Waals surface area contributed by atoms with Crippen molar-refractivity contribution in [2.45, 2.75) is 77.9 Å². The molecule has 242 valence electrons. The molecule has 7 nitrogen and oxygen atoms in total. The number of nitrogens with one attached hydrogen (secondary N) is 1. The van der Waals surface area contributed by atoms with Crippen LogP contribution >= 0.6 is 0 Å². The number of carbonyl (C=O) groups excluding carboxylic acids is 2. The van der Waals surface area contributed by atoms with Gasteiger partial charge in [0.15, 0.2) is 0 Å². The van der Waals surface area contributed by atoms with Crippen molar-refractivity contribution >= 4 is 27.5 Å². The van der Waals surface area contributed by atoms with Crippen LogP contribution in [0.2, 0.25) is 0 Å². The summed E-state index contributed by atoms with van der Waals surface area (Å²) >= 11 is 0. The molecule has 2 atom stereocenters. The summed E-state index contributed by atoms with van der Waals surface area (Å²) in [6, 6.07) is 28.5. The molecule has 0 aliphatic heterocycles. The topological polar surface area (TPSA) is 86.8 Å². The number of hydrogen-bond acceptors (Lipinski definition) is 4. The lowest BCUT2D eigenvalue weighted by Gasteiger charge is -2.34. The van der Waals surface area contributed by atoms with Crippen LogP contribution in [0.4, 0.5) is 5.69 Å². The van der Waals surface area contributed by atoms with Crippen molar-refractivity contribution < 1.29 is 18.0 Å². The number of sulfonamides is 1. The highest BCUT2D eigenvalue weighted by Gasteiger charge is 2.35. The van der Waals surface area contributed by atoms with Crippen LogP contribution < -0.4 is 9.62 Å². The Bertz CT molecular complexity index is 1750. The molecule has 0 aromatic heterocycles. The average Bonchev–Trinajstić information content (AvgIpc) is 3.03. The fourth-order valence-corrected chi connectivity index (χ4v) is 6.83. The second kappa shape index (κ2) is 15.2. The number of aryl methyl sites for hydroxylation is 3. The molecule has 8 heteroatoms. The van der Waals surface area contributed by atoms with Gasteiger partial charge in [-0.05, 0) is 81.5 Å². The molecule has 0 fully saturated rings. The van der Waals surface area contributed by atoms with E-state index in [1.807, 2.05) is 102 Å². The first-order valence-corrected chi connectivity index (χ1v) is 17.2. The summed E-state index contributed by atoms with van der Waals surface area (Å²) in [4.78, 5) is 30.3. The summed E-state index contributed by atoms with van der Waals surface area (Å²) in [6.07, 6.45) is 1.000. The van der Waals surface area contributed by atoms with Crippen molar-refractivity contribution in [3.8, 4) is 0 Å². The zero-order valence-electron chi connectivity index (χ0n) is 27.7. The van der Waals surface area contributed by atoms with Gasteiger partial charge in [-0.25, -0.2) is 8.42 Å². The first-order valence-electron chi connectivity index (χ1n) is 15.8. The third kappa shape index (κ3) is 8.43. The Morgan fingerprint density at radius 3 is 2.09 bits per heavy atom. The minimum absolute atomic E-state index is 0.0902. The molecular formula is C38H45N3O4S. The van der Waals surface area contributed by atoms with E-state index >= 15 is 0 Å². The lowest BCUT2D eigenvalue weighted by molar-refractivity contribution is -0.140. The van der Waals surface area contributed by atoms with Crippen LogP contribution in [0.1, 0.15) is 53.6 Å². The molecule has 4 aromatic carbocycles. The Morgan fingerprint density at radius 1 is 0.783 bits per heavy atom. The smallest absolute Gasteiger partial charge is 0.264 e. The molecule has 0 radical (unpaired) electrons. The van der Waals surface area contributed by atoms with Gasteiger partial charge in [0.25, 0.3) is 10.0 Å². The highest BCUT2D eigenvalue weighted by Crippen LogP contribution is 2.29. The largest absolute Gasteiger partial charge is 0.352 e. The van der Waals surface area contributed by atoms with Crippen molar-refractivity contribution in [2.24, 2.45) is 0 Å². The van der Waals surface area contributed by atoms with E-state index in [-0.39, 0.29) is 29.8 Å². The predicted octanol–water partition coefficient (Wildman–Crippen LogP) is 6.67. The maximum absolute atomic E-state index is 14.7. The van der Waals surface area contributed by atoms with E-state index < -0.39 is 28.5 Å². The fourth-order valence-electron chi connectivity index (χ4n) is 5.36. The minimum Gasteiger partial charge on any atom is -0.352 e. The van der Waals surface area contributed by atoms with Crippen molar-refractivity contribution in [3.05, 3.63) is 130 Å². The van der Waals surface area contributed by atoms with Crippen molar-refractivity contribution in [2.75, 3.05) is 10.8 Å². The fraction of sp³-hybridized carbons (Fsp3) is 0.316. The standard InChI is InChI=1S/C38H45N3O4S/c1-7-30(5)39-38(43)36(24-32-15-9-8-10-16-32)40(25-33-17-11-13-28(3)23-33)37(42)26-41(35-18-12-14-29(4)31(35)6)46(44,45)34-21-19-27(2)20-22-34/h8-23,30,36H,7,24-26H2,1-6H3,(H,39,43)/t30-,36+/m1/s1.